The van der Waals surface area contributed by atoms with Gasteiger partial charge in [-0.3, -0.25) is 0 Å². The first-order valence-corrected chi connectivity index (χ1v) is 4.10. The van der Waals surface area contributed by atoms with Crippen molar-refractivity contribution in [3.05, 3.63) is 35.6 Å². The van der Waals surface area contributed by atoms with Gasteiger partial charge in [-0.25, -0.2) is 0 Å². The van der Waals surface area contributed by atoms with Crippen molar-refractivity contribution in [3.8, 4) is 11.3 Å². The van der Waals surface area contributed by atoms with E-state index in [0.29, 0.717) is 10.7 Å². The van der Waals surface area contributed by atoms with Crippen molar-refractivity contribution in [1.82, 2.24) is 4.98 Å². The zero-order valence-corrected chi connectivity index (χ0v) is 7.45. The van der Waals surface area contributed by atoms with Gasteiger partial charge in [0.1, 0.15) is 12.0 Å². The Labute approximate surface area is 80.1 Å². The highest BCUT2D eigenvalue weighted by atomic mass is 35.5. The van der Waals surface area contributed by atoms with E-state index in [9.17, 15) is 0 Å². The van der Waals surface area contributed by atoms with Gasteiger partial charge in [-0.1, -0.05) is 23.7 Å². The number of oxazole rings is 1. The van der Waals surface area contributed by atoms with Gasteiger partial charge >= 0.3 is 0 Å². The number of nitrogens with zero attached hydrogens (tertiary/aromatic N) is 1. The monoisotopic (exact) mass is 194 g/mol. The van der Waals surface area contributed by atoms with E-state index in [0.717, 1.165) is 5.56 Å². The zero-order chi connectivity index (χ0) is 9.26. The van der Waals surface area contributed by atoms with Crippen molar-refractivity contribution in [3.63, 3.8) is 0 Å². The fourth-order valence-corrected chi connectivity index (χ4v) is 1.17. The Morgan fingerprint density at radius 2 is 1.92 bits per heavy atom. The van der Waals surface area contributed by atoms with Gasteiger partial charge < -0.3 is 10.2 Å². The van der Waals surface area contributed by atoms with Crippen molar-refractivity contribution in [2.24, 2.45) is 0 Å². The van der Waals surface area contributed by atoms with Gasteiger partial charge in [-0.2, -0.15) is 4.98 Å². The minimum absolute atomic E-state index is 0.171. The number of halogens is 1. The maximum atomic E-state index is 5.74. The second-order valence-corrected chi connectivity index (χ2v) is 3.01. The van der Waals surface area contributed by atoms with E-state index in [4.69, 9.17) is 21.8 Å². The van der Waals surface area contributed by atoms with Gasteiger partial charge in [-0.15, -0.1) is 0 Å². The molecule has 0 fully saturated rings. The van der Waals surface area contributed by atoms with Crippen LogP contribution in [0, 0.1) is 0 Å². The van der Waals surface area contributed by atoms with Gasteiger partial charge in [-0.05, 0) is 12.1 Å². The predicted molar refractivity (Wildman–Crippen MR) is 51.4 cm³/mol. The molecule has 0 saturated heterocycles. The highest BCUT2D eigenvalue weighted by molar-refractivity contribution is 6.30. The molecule has 1 heterocycles. The lowest BCUT2D eigenvalue weighted by molar-refractivity contribution is 0.581. The van der Waals surface area contributed by atoms with E-state index < -0.39 is 0 Å². The lowest BCUT2D eigenvalue weighted by Gasteiger charge is -1.94. The number of benzene rings is 1. The molecule has 2 rings (SSSR count). The van der Waals surface area contributed by atoms with Crippen LogP contribution in [0.2, 0.25) is 5.02 Å². The third kappa shape index (κ3) is 1.65. The first kappa shape index (κ1) is 8.13. The van der Waals surface area contributed by atoms with Gasteiger partial charge in [0.25, 0.3) is 6.01 Å². The van der Waals surface area contributed by atoms with Crippen molar-refractivity contribution in [2.45, 2.75) is 0 Å². The molecule has 0 bridgehead atoms. The highest BCUT2D eigenvalue weighted by Crippen LogP contribution is 2.21. The molecule has 0 aliphatic carbocycles. The number of hydrogen-bond donors (Lipinski definition) is 1. The lowest BCUT2D eigenvalue weighted by atomic mass is 10.2. The highest BCUT2D eigenvalue weighted by Gasteiger charge is 2.02. The summed E-state index contributed by atoms with van der Waals surface area (Å²) in [6.45, 7) is 0. The van der Waals surface area contributed by atoms with Crippen LogP contribution in [-0.2, 0) is 0 Å². The molecule has 3 nitrogen and oxygen atoms in total. The summed E-state index contributed by atoms with van der Waals surface area (Å²) in [5.74, 6) is 0. The van der Waals surface area contributed by atoms with E-state index in [2.05, 4.69) is 4.98 Å². The maximum Gasteiger partial charge on any atom is 0.292 e. The molecule has 0 unspecified atom stereocenters. The number of anilines is 1. The first-order chi connectivity index (χ1) is 6.25. The molecule has 0 radical (unpaired) electrons. The number of hydrogen-bond acceptors (Lipinski definition) is 3. The number of aromatic nitrogens is 1. The van der Waals surface area contributed by atoms with Crippen LogP contribution in [0.25, 0.3) is 11.3 Å². The summed E-state index contributed by atoms with van der Waals surface area (Å²) in [6.07, 6.45) is 1.51. The average Bonchev–Trinajstić information content (AvgIpc) is 2.53. The molecule has 2 N–H and O–H groups in total. The van der Waals surface area contributed by atoms with Crippen molar-refractivity contribution < 1.29 is 4.42 Å². The largest absolute Gasteiger partial charge is 0.432 e. The van der Waals surface area contributed by atoms with Crippen LogP contribution < -0.4 is 5.73 Å². The Balaban J connectivity index is 2.41. The van der Waals surface area contributed by atoms with E-state index in [1.54, 1.807) is 12.1 Å². The average molecular weight is 195 g/mol. The topological polar surface area (TPSA) is 52.0 Å². The minimum Gasteiger partial charge on any atom is -0.432 e. The fourth-order valence-electron chi connectivity index (χ4n) is 1.04. The summed E-state index contributed by atoms with van der Waals surface area (Å²) in [6, 6.07) is 7.48. The van der Waals surface area contributed by atoms with Crippen molar-refractivity contribution in [1.29, 1.82) is 0 Å². The molecular weight excluding hydrogens is 188 g/mol. The first-order valence-electron chi connectivity index (χ1n) is 3.72. The molecule has 0 amide bonds. The van der Waals surface area contributed by atoms with Crippen LogP contribution in [0.15, 0.2) is 34.9 Å². The molecule has 1 aromatic heterocycles. The van der Waals surface area contributed by atoms with Gasteiger partial charge in [0.2, 0.25) is 0 Å². The Morgan fingerprint density at radius 1 is 1.23 bits per heavy atom. The molecule has 4 heteroatoms. The number of rotatable bonds is 1. The summed E-state index contributed by atoms with van der Waals surface area (Å²) in [5.41, 5.74) is 6.99. The molecule has 66 valence electrons. The van der Waals surface area contributed by atoms with Crippen LogP contribution in [0.5, 0.6) is 0 Å². The van der Waals surface area contributed by atoms with Gasteiger partial charge in [0, 0.05) is 10.6 Å². The van der Waals surface area contributed by atoms with Crippen molar-refractivity contribution >= 4 is 17.6 Å². The summed E-state index contributed by atoms with van der Waals surface area (Å²) in [7, 11) is 0. The summed E-state index contributed by atoms with van der Waals surface area (Å²) < 4.78 is 4.88. The third-order valence-corrected chi connectivity index (χ3v) is 1.91. The molecule has 0 spiro atoms. The molecule has 13 heavy (non-hydrogen) atoms. The molecular formula is C9H7ClN2O. The van der Waals surface area contributed by atoms with E-state index >= 15 is 0 Å². The van der Waals surface area contributed by atoms with Crippen LogP contribution in [-0.4, -0.2) is 4.98 Å². The minimum atomic E-state index is 0.171. The second-order valence-electron chi connectivity index (χ2n) is 2.58. The Kier molecular flexibility index (Phi) is 1.94. The van der Waals surface area contributed by atoms with Gasteiger partial charge in [0.15, 0.2) is 0 Å². The number of nitrogens with two attached hydrogens (primary N) is 1. The van der Waals surface area contributed by atoms with E-state index in [1.165, 1.54) is 6.26 Å². The molecule has 0 aliphatic rings. The molecule has 1 aromatic carbocycles. The Bertz CT molecular complexity index is 408. The van der Waals surface area contributed by atoms with E-state index in [1.807, 2.05) is 12.1 Å². The summed E-state index contributed by atoms with van der Waals surface area (Å²) in [5, 5.41) is 0.695. The second kappa shape index (κ2) is 3.11. The summed E-state index contributed by atoms with van der Waals surface area (Å²) >= 11 is 5.74. The third-order valence-electron chi connectivity index (χ3n) is 1.66. The van der Waals surface area contributed by atoms with Crippen LogP contribution >= 0.6 is 11.6 Å². The molecule has 2 aromatic rings. The fraction of sp³-hybridized carbons (Fsp3) is 0. The standard InChI is InChI=1S/C9H7ClN2O/c10-7-3-1-6(2-4-7)8-5-13-9(11)12-8/h1-5H,(H2,11,12). The van der Waals surface area contributed by atoms with Crippen molar-refractivity contribution in [2.75, 3.05) is 5.73 Å². The Morgan fingerprint density at radius 3 is 2.46 bits per heavy atom. The molecule has 0 atom stereocenters. The maximum absolute atomic E-state index is 5.74. The smallest absolute Gasteiger partial charge is 0.292 e. The van der Waals surface area contributed by atoms with Crippen LogP contribution in [0.1, 0.15) is 0 Å². The van der Waals surface area contributed by atoms with E-state index in [-0.39, 0.29) is 6.01 Å². The number of nitrogen functional groups attached to an aromatic ring is 1. The normalized spacial score (nSPS) is 10.2. The summed E-state index contributed by atoms with van der Waals surface area (Å²) in [4.78, 5) is 3.98. The quantitative estimate of drug-likeness (QED) is 0.759. The molecule has 0 saturated carbocycles. The van der Waals surface area contributed by atoms with Gasteiger partial charge in [0.05, 0.1) is 0 Å². The molecule has 0 aliphatic heterocycles. The lowest BCUT2D eigenvalue weighted by Crippen LogP contribution is -1.83. The van der Waals surface area contributed by atoms with Crippen LogP contribution in [0.3, 0.4) is 0 Å². The van der Waals surface area contributed by atoms with Crippen LogP contribution in [0.4, 0.5) is 6.01 Å². The zero-order valence-electron chi connectivity index (χ0n) is 6.70. The predicted octanol–water partition coefficient (Wildman–Crippen LogP) is 2.58. The Hall–Kier alpha value is -1.48. The SMILES string of the molecule is Nc1nc(-c2ccc(Cl)cc2)co1.